The second-order valence-corrected chi connectivity index (χ2v) is 4.55. The van der Waals surface area contributed by atoms with Crippen LogP contribution >= 0.6 is 11.3 Å². The Labute approximate surface area is 91.1 Å². The van der Waals surface area contributed by atoms with Gasteiger partial charge >= 0.3 is 0 Å². The van der Waals surface area contributed by atoms with Gasteiger partial charge in [0.2, 0.25) is 0 Å². The van der Waals surface area contributed by atoms with Crippen molar-refractivity contribution < 1.29 is 4.74 Å². The van der Waals surface area contributed by atoms with Gasteiger partial charge in [-0.25, -0.2) is 4.98 Å². The van der Waals surface area contributed by atoms with Crippen molar-refractivity contribution in [2.24, 2.45) is 0 Å². The Morgan fingerprint density at radius 1 is 1.60 bits per heavy atom. The van der Waals surface area contributed by atoms with Crippen molar-refractivity contribution >= 4 is 21.6 Å². The van der Waals surface area contributed by atoms with Crippen molar-refractivity contribution in [3.63, 3.8) is 0 Å². The lowest BCUT2D eigenvalue weighted by Gasteiger charge is -2.02. The summed E-state index contributed by atoms with van der Waals surface area (Å²) in [5.74, 6) is 0. The zero-order valence-electron chi connectivity index (χ0n) is 8.69. The summed E-state index contributed by atoms with van der Waals surface area (Å²) in [5, 5.41) is 0.705. The van der Waals surface area contributed by atoms with Crippen LogP contribution in [0.1, 0.15) is 4.88 Å². The molecule has 0 saturated carbocycles. The maximum Gasteiger partial charge on any atom is 0.262 e. The van der Waals surface area contributed by atoms with Crippen molar-refractivity contribution in [1.29, 1.82) is 0 Å². The molecule has 0 saturated heterocycles. The number of thiophene rings is 1. The van der Waals surface area contributed by atoms with Gasteiger partial charge in [0.15, 0.2) is 0 Å². The molecule has 0 aliphatic heterocycles. The van der Waals surface area contributed by atoms with E-state index >= 15 is 0 Å². The number of nitrogens with zero attached hydrogens (tertiary/aromatic N) is 2. The van der Waals surface area contributed by atoms with Crippen LogP contribution in [0.3, 0.4) is 0 Å². The highest BCUT2D eigenvalue weighted by Crippen LogP contribution is 2.19. The Bertz CT molecular complexity index is 530. The molecule has 0 atom stereocenters. The van der Waals surface area contributed by atoms with Crippen molar-refractivity contribution in [2.45, 2.75) is 13.5 Å². The largest absolute Gasteiger partial charge is 0.383 e. The lowest BCUT2D eigenvalue weighted by atomic mass is 10.4. The highest BCUT2D eigenvalue weighted by molar-refractivity contribution is 7.18. The molecule has 0 fully saturated rings. The summed E-state index contributed by atoms with van der Waals surface area (Å²) in [6.07, 6.45) is 1.58. The number of hydrogen-bond donors (Lipinski definition) is 0. The minimum Gasteiger partial charge on any atom is -0.383 e. The van der Waals surface area contributed by atoms with Crippen molar-refractivity contribution in [1.82, 2.24) is 9.55 Å². The van der Waals surface area contributed by atoms with Crippen LogP contribution in [0.4, 0.5) is 0 Å². The second-order valence-electron chi connectivity index (χ2n) is 3.31. The summed E-state index contributed by atoms with van der Waals surface area (Å²) in [5.41, 5.74) is 0.0152. The van der Waals surface area contributed by atoms with E-state index in [1.165, 1.54) is 0 Å². The highest BCUT2D eigenvalue weighted by Gasteiger charge is 2.06. The molecule has 0 N–H and O–H groups in total. The van der Waals surface area contributed by atoms with Gasteiger partial charge < -0.3 is 4.74 Å². The SMILES string of the molecule is COCCn1cnc2sc(C)cc2c1=O. The normalized spacial score (nSPS) is 11.1. The van der Waals surface area contributed by atoms with E-state index in [0.717, 1.165) is 9.71 Å². The first-order chi connectivity index (χ1) is 7.22. The van der Waals surface area contributed by atoms with E-state index in [-0.39, 0.29) is 5.56 Å². The van der Waals surface area contributed by atoms with Gasteiger partial charge in [-0.1, -0.05) is 0 Å². The van der Waals surface area contributed by atoms with Crippen LogP contribution in [0.25, 0.3) is 10.2 Å². The maximum absolute atomic E-state index is 11.9. The first-order valence-electron chi connectivity index (χ1n) is 4.67. The van der Waals surface area contributed by atoms with E-state index in [1.54, 1.807) is 29.3 Å². The van der Waals surface area contributed by atoms with Gasteiger partial charge in [-0.2, -0.15) is 0 Å². The van der Waals surface area contributed by atoms with E-state index in [1.807, 2.05) is 13.0 Å². The highest BCUT2D eigenvalue weighted by atomic mass is 32.1. The third-order valence-electron chi connectivity index (χ3n) is 2.18. The van der Waals surface area contributed by atoms with E-state index < -0.39 is 0 Å². The fraction of sp³-hybridized carbons (Fsp3) is 0.400. The molecule has 0 spiro atoms. The summed E-state index contributed by atoms with van der Waals surface area (Å²) < 4.78 is 6.51. The molecule has 0 radical (unpaired) electrons. The summed E-state index contributed by atoms with van der Waals surface area (Å²) in [6.45, 7) is 3.05. The predicted octanol–water partition coefficient (Wildman–Crippen LogP) is 1.41. The number of fused-ring (bicyclic) bond motifs is 1. The molecule has 0 bridgehead atoms. The lowest BCUT2D eigenvalue weighted by molar-refractivity contribution is 0.186. The third kappa shape index (κ3) is 1.93. The standard InChI is InChI=1S/C10H12N2O2S/c1-7-5-8-9(15-7)11-6-12(10(8)13)3-4-14-2/h5-6H,3-4H2,1-2H3. The van der Waals surface area contributed by atoms with Crippen LogP contribution in [0, 0.1) is 6.92 Å². The van der Waals surface area contributed by atoms with Crippen molar-refractivity contribution in [3.05, 3.63) is 27.6 Å². The smallest absolute Gasteiger partial charge is 0.262 e. The van der Waals surface area contributed by atoms with E-state index in [4.69, 9.17) is 4.74 Å². The molecule has 2 heterocycles. The molecule has 0 aromatic carbocycles. The fourth-order valence-electron chi connectivity index (χ4n) is 1.43. The van der Waals surface area contributed by atoms with Crippen LogP contribution in [-0.2, 0) is 11.3 Å². The molecule has 80 valence electrons. The predicted molar refractivity (Wildman–Crippen MR) is 60.5 cm³/mol. The van der Waals surface area contributed by atoms with Crippen molar-refractivity contribution in [2.75, 3.05) is 13.7 Å². The van der Waals surface area contributed by atoms with Gasteiger partial charge in [-0.15, -0.1) is 11.3 Å². The molecule has 2 aromatic rings. The number of ether oxygens (including phenoxy) is 1. The van der Waals surface area contributed by atoms with E-state index in [2.05, 4.69) is 4.98 Å². The zero-order chi connectivity index (χ0) is 10.8. The molecule has 0 aliphatic carbocycles. The minimum absolute atomic E-state index is 0.0152. The van der Waals surface area contributed by atoms with Crippen LogP contribution in [0.15, 0.2) is 17.2 Å². The minimum atomic E-state index is 0.0152. The number of hydrogen-bond acceptors (Lipinski definition) is 4. The van der Waals surface area contributed by atoms with E-state index in [0.29, 0.717) is 18.5 Å². The summed E-state index contributed by atoms with van der Waals surface area (Å²) in [4.78, 5) is 18.1. The first-order valence-corrected chi connectivity index (χ1v) is 5.48. The number of aryl methyl sites for hydroxylation is 1. The molecule has 2 aromatic heterocycles. The van der Waals surface area contributed by atoms with Crippen LogP contribution in [0.2, 0.25) is 0 Å². The molecular weight excluding hydrogens is 212 g/mol. The van der Waals surface area contributed by atoms with Gasteiger partial charge in [-0.3, -0.25) is 9.36 Å². The molecule has 0 aliphatic rings. The Hall–Kier alpha value is -1.20. The molecule has 0 unspecified atom stereocenters. The molecule has 0 amide bonds. The molecule has 4 nitrogen and oxygen atoms in total. The maximum atomic E-state index is 11.9. The second kappa shape index (κ2) is 4.12. The number of methoxy groups -OCH3 is 1. The summed E-state index contributed by atoms with van der Waals surface area (Å²) in [6, 6.07) is 1.89. The summed E-state index contributed by atoms with van der Waals surface area (Å²) >= 11 is 1.54. The zero-order valence-corrected chi connectivity index (χ0v) is 9.50. The fourth-order valence-corrected chi connectivity index (χ4v) is 2.27. The van der Waals surface area contributed by atoms with Crippen LogP contribution in [0.5, 0.6) is 0 Å². The van der Waals surface area contributed by atoms with Gasteiger partial charge in [0.25, 0.3) is 5.56 Å². The lowest BCUT2D eigenvalue weighted by Crippen LogP contribution is -2.21. The Morgan fingerprint density at radius 3 is 3.13 bits per heavy atom. The third-order valence-corrected chi connectivity index (χ3v) is 3.14. The van der Waals surface area contributed by atoms with Crippen LogP contribution in [-0.4, -0.2) is 23.3 Å². The van der Waals surface area contributed by atoms with E-state index in [9.17, 15) is 4.79 Å². The van der Waals surface area contributed by atoms with Crippen LogP contribution < -0.4 is 5.56 Å². The Balaban J connectivity index is 2.50. The quantitative estimate of drug-likeness (QED) is 0.791. The Kier molecular flexibility index (Phi) is 2.83. The number of aromatic nitrogens is 2. The van der Waals surface area contributed by atoms with Gasteiger partial charge in [0.1, 0.15) is 4.83 Å². The summed E-state index contributed by atoms with van der Waals surface area (Å²) in [7, 11) is 1.62. The average molecular weight is 224 g/mol. The molecule has 15 heavy (non-hydrogen) atoms. The molecule has 2 rings (SSSR count). The average Bonchev–Trinajstić information content (AvgIpc) is 2.59. The monoisotopic (exact) mass is 224 g/mol. The Morgan fingerprint density at radius 2 is 2.40 bits per heavy atom. The number of rotatable bonds is 3. The molecular formula is C10H12N2O2S. The topological polar surface area (TPSA) is 44.1 Å². The molecule has 5 heteroatoms. The van der Waals surface area contributed by atoms with Gasteiger partial charge in [0.05, 0.1) is 24.9 Å². The first kappa shape index (κ1) is 10.3. The van der Waals surface area contributed by atoms with Gasteiger partial charge in [0, 0.05) is 12.0 Å². The van der Waals surface area contributed by atoms with Gasteiger partial charge in [-0.05, 0) is 13.0 Å². The van der Waals surface area contributed by atoms with Crippen molar-refractivity contribution in [3.8, 4) is 0 Å².